The number of benzene rings is 3. The second kappa shape index (κ2) is 18.1. The van der Waals surface area contributed by atoms with Crippen LogP contribution in [0.4, 0.5) is 28.4 Å². The lowest BCUT2D eigenvalue weighted by Crippen LogP contribution is -2.55. The van der Waals surface area contributed by atoms with Crippen molar-refractivity contribution in [3.63, 3.8) is 0 Å². The van der Waals surface area contributed by atoms with Crippen molar-refractivity contribution >= 4 is 66.4 Å². The number of aromatic nitrogens is 4. The van der Waals surface area contributed by atoms with E-state index in [1.807, 2.05) is 42.3 Å². The number of carbonyl (C=O) groups is 1. The van der Waals surface area contributed by atoms with E-state index in [1.165, 1.54) is 56.3 Å². The van der Waals surface area contributed by atoms with Crippen LogP contribution >= 0.6 is 0 Å². The largest absolute Gasteiger partial charge is 0.758 e. The lowest BCUT2D eigenvalue weighted by molar-refractivity contribution is -0.0227. The molecule has 70 heavy (non-hydrogen) atoms. The molecule has 6 aromatic rings. The summed E-state index contributed by atoms with van der Waals surface area (Å²) in [5, 5.41) is 28.5. The molecule has 16 nitrogen and oxygen atoms in total. The van der Waals surface area contributed by atoms with Gasteiger partial charge in [-0.25, -0.2) is 18.1 Å². The number of imidazole rings is 1. The standard InChI is InChI=1S/C53H65N10O6S/c1-33(2)38-8-5-6-9-39(38)41-10-7-21-62(41)37-29-53(30-37)18-22-61(23-19-53)36-11-12-40(42(27-36)63-24-25-69-51-44(63)26-35-15-20-54-49(35)58-51)50(64)59-70(67,68)45-28-43(60(4)66)46(48-47(45)56-32-57-48)55-31-34-13-16-52(3,65)17-14-34/h5-6,8-9,11-12,15,20,26-28,32-34,37,41,55,65H,7,10,13-14,16-19,21-25,29-31H2,1-4H3,(H,54,58)(H,56,57)(H,59,64)/q-1/t34?,41-,52?/m0/s1. The first-order valence-electron chi connectivity index (χ1n) is 25.2. The fraction of sp³-hybridized carbons (Fsp3) is 0.491. The summed E-state index contributed by atoms with van der Waals surface area (Å²) >= 11 is 0. The summed E-state index contributed by atoms with van der Waals surface area (Å²) in [7, 11) is -3.30. The number of hydrogen-bond acceptors (Lipinski definition) is 13. The first-order valence-corrected chi connectivity index (χ1v) is 26.7. The molecule has 5 N–H and O–H groups in total. The van der Waals surface area contributed by atoms with E-state index in [1.54, 1.807) is 6.07 Å². The van der Waals surface area contributed by atoms with Crippen LogP contribution in [0.3, 0.4) is 0 Å². The maximum atomic E-state index is 14.7. The summed E-state index contributed by atoms with van der Waals surface area (Å²) in [5.74, 6) is 0.341. The van der Waals surface area contributed by atoms with E-state index in [9.17, 15) is 23.5 Å². The molecule has 1 amide bonds. The number of fused-ring (bicyclic) bond motifs is 3. The van der Waals surface area contributed by atoms with Crippen LogP contribution in [0.2, 0.25) is 0 Å². The number of H-pyrrole nitrogens is 2. The Morgan fingerprint density at radius 3 is 2.54 bits per heavy atom. The monoisotopic (exact) mass is 969 g/mol. The van der Waals surface area contributed by atoms with Crippen LogP contribution in [0.1, 0.15) is 118 Å². The molecule has 11 rings (SSSR count). The summed E-state index contributed by atoms with van der Waals surface area (Å²) in [6.07, 6.45) is 13.2. The number of nitrogens with zero attached hydrogens (tertiary/aromatic N) is 6. The Hall–Kier alpha value is -5.88. The van der Waals surface area contributed by atoms with Gasteiger partial charge in [0.25, 0.3) is 15.9 Å². The van der Waals surface area contributed by atoms with Crippen molar-refractivity contribution in [1.29, 1.82) is 0 Å². The predicted octanol–water partition coefficient (Wildman–Crippen LogP) is 9.09. The van der Waals surface area contributed by atoms with Crippen molar-refractivity contribution in [2.75, 3.05) is 66.6 Å². The number of amides is 1. The fourth-order valence-corrected chi connectivity index (χ4v) is 13.5. The van der Waals surface area contributed by atoms with Crippen LogP contribution in [0.15, 0.2) is 78.1 Å². The topological polar surface area (TPSA) is 198 Å². The van der Waals surface area contributed by atoms with Gasteiger partial charge in [0.1, 0.15) is 28.4 Å². The van der Waals surface area contributed by atoms with Gasteiger partial charge in [-0.15, -0.1) is 0 Å². The SMILES string of the molecule is CC(C)c1ccccc1[C@@H]1CCCN1C1CC2(CCN(c3ccc(C(=O)NS(=O)(=O)c4cc(N(C)[O-])c(NCC5CCC(C)(O)CC5)c5[nH]cnc45)c(N4CCOc5nc6[nH]ccc6cc54)c3)CC2)C1. The number of nitrogens with one attached hydrogen (secondary N) is 4. The van der Waals surface area contributed by atoms with Crippen molar-refractivity contribution in [2.24, 2.45) is 11.3 Å². The minimum absolute atomic E-state index is 0.0827. The third-order valence-electron chi connectivity index (χ3n) is 16.4. The molecule has 2 saturated carbocycles. The Balaban J connectivity index is 0.854. The molecule has 2 saturated heterocycles. The Morgan fingerprint density at radius 2 is 1.77 bits per heavy atom. The first kappa shape index (κ1) is 46.5. The molecule has 17 heteroatoms. The molecule has 1 spiro atoms. The molecule has 3 aromatic carbocycles. The molecule has 370 valence electrons. The van der Waals surface area contributed by atoms with Crippen LogP contribution in [0, 0.1) is 16.5 Å². The molecule has 0 radical (unpaired) electrons. The summed E-state index contributed by atoms with van der Waals surface area (Å²) in [4.78, 5) is 36.9. The van der Waals surface area contributed by atoms with Crippen LogP contribution in [-0.4, -0.2) is 102 Å². The number of carbonyl (C=O) groups excluding carboxylic acids is 1. The molecule has 2 aliphatic carbocycles. The smallest absolute Gasteiger partial charge is 0.267 e. The number of ether oxygens (including phenoxy) is 1. The number of pyridine rings is 1. The van der Waals surface area contributed by atoms with Crippen LogP contribution < -0.4 is 29.6 Å². The zero-order valence-corrected chi connectivity index (χ0v) is 41.4. The van der Waals surface area contributed by atoms with Gasteiger partial charge in [-0.05, 0) is 150 Å². The molecule has 1 atom stereocenters. The quantitative estimate of drug-likeness (QED) is 0.0729. The lowest BCUT2D eigenvalue weighted by Gasteiger charge is -2.56. The molecule has 0 unspecified atom stereocenters. The zero-order chi connectivity index (χ0) is 48.5. The number of piperidine rings is 1. The highest BCUT2D eigenvalue weighted by atomic mass is 32.2. The van der Waals surface area contributed by atoms with Crippen molar-refractivity contribution in [3.8, 4) is 5.88 Å². The zero-order valence-electron chi connectivity index (χ0n) is 40.6. The van der Waals surface area contributed by atoms with E-state index < -0.39 is 21.5 Å². The second-order valence-corrected chi connectivity index (χ2v) is 23.0. The number of likely N-dealkylation sites (tertiary alicyclic amines) is 1. The molecule has 3 aliphatic heterocycles. The van der Waals surface area contributed by atoms with Gasteiger partial charge in [0.15, 0.2) is 0 Å². The normalized spacial score (nSPS) is 22.9. The number of hydroxylamine groups is 1. The summed E-state index contributed by atoms with van der Waals surface area (Å²) in [6.45, 7) is 10.6. The van der Waals surface area contributed by atoms with E-state index in [-0.39, 0.29) is 27.6 Å². The van der Waals surface area contributed by atoms with E-state index >= 15 is 0 Å². The van der Waals surface area contributed by atoms with E-state index in [0.29, 0.717) is 95.1 Å². The van der Waals surface area contributed by atoms with Gasteiger partial charge in [0.2, 0.25) is 5.88 Å². The van der Waals surface area contributed by atoms with Crippen LogP contribution in [0.25, 0.3) is 22.1 Å². The van der Waals surface area contributed by atoms with Crippen molar-refractivity contribution in [2.45, 2.75) is 113 Å². The third kappa shape index (κ3) is 8.62. The number of anilines is 5. The summed E-state index contributed by atoms with van der Waals surface area (Å²) in [5.41, 5.74) is 6.54. The van der Waals surface area contributed by atoms with Crippen molar-refractivity contribution in [3.05, 3.63) is 95.1 Å². The Bertz CT molecular complexity index is 3030. The molecular weight excluding hydrogens is 905 g/mol. The van der Waals surface area contributed by atoms with Crippen molar-refractivity contribution in [1.82, 2.24) is 29.6 Å². The molecule has 6 heterocycles. The number of aliphatic hydroxyl groups is 1. The average molecular weight is 970 g/mol. The maximum absolute atomic E-state index is 14.7. The van der Waals surface area contributed by atoms with Gasteiger partial charge >= 0.3 is 0 Å². The van der Waals surface area contributed by atoms with Crippen LogP contribution in [0.5, 0.6) is 5.88 Å². The fourth-order valence-electron chi connectivity index (χ4n) is 12.4. The minimum Gasteiger partial charge on any atom is -0.758 e. The van der Waals surface area contributed by atoms with E-state index in [4.69, 9.17) is 9.72 Å². The molecular formula is C53H65N10O6S-. The number of hydrogen-bond donors (Lipinski definition) is 5. The number of sulfonamides is 1. The number of aromatic amines is 2. The summed E-state index contributed by atoms with van der Waals surface area (Å²) < 4.78 is 37.5. The van der Waals surface area contributed by atoms with Gasteiger partial charge in [-0.1, -0.05) is 38.1 Å². The van der Waals surface area contributed by atoms with Crippen LogP contribution in [-0.2, 0) is 10.0 Å². The van der Waals surface area contributed by atoms with E-state index in [0.717, 1.165) is 56.4 Å². The molecule has 0 bridgehead atoms. The van der Waals surface area contributed by atoms with Gasteiger partial charge < -0.3 is 45.2 Å². The molecule has 3 aromatic heterocycles. The lowest BCUT2D eigenvalue weighted by atomic mass is 9.59. The summed E-state index contributed by atoms with van der Waals surface area (Å²) in [6, 6.07) is 21.0. The molecule has 4 fully saturated rings. The Kier molecular flexibility index (Phi) is 12.0. The average Bonchev–Trinajstić information content (AvgIpc) is 4.14. The predicted molar refractivity (Wildman–Crippen MR) is 275 cm³/mol. The van der Waals surface area contributed by atoms with Gasteiger partial charge in [0.05, 0.1) is 46.6 Å². The van der Waals surface area contributed by atoms with Crippen molar-refractivity contribution < 1.29 is 23.1 Å². The molecule has 5 aliphatic rings. The third-order valence-corrected chi connectivity index (χ3v) is 17.7. The van der Waals surface area contributed by atoms with E-state index in [2.05, 4.69) is 72.9 Å². The second-order valence-electron chi connectivity index (χ2n) is 21.3. The highest BCUT2D eigenvalue weighted by Gasteiger charge is 2.50. The maximum Gasteiger partial charge on any atom is 0.267 e. The Labute approximate surface area is 409 Å². The highest BCUT2D eigenvalue weighted by molar-refractivity contribution is 7.90. The first-order chi connectivity index (χ1) is 33.7. The van der Waals surface area contributed by atoms with Gasteiger partial charge in [0, 0.05) is 49.0 Å². The highest BCUT2D eigenvalue weighted by Crippen LogP contribution is 2.54. The van der Waals surface area contributed by atoms with Gasteiger partial charge in [-0.2, -0.15) is 4.98 Å². The minimum atomic E-state index is -4.61. The number of rotatable bonds is 12. The van der Waals surface area contributed by atoms with Gasteiger partial charge in [-0.3, -0.25) is 9.69 Å². The Morgan fingerprint density at radius 1 is 0.986 bits per heavy atom.